The van der Waals surface area contributed by atoms with E-state index < -0.39 is 0 Å². The first-order chi connectivity index (χ1) is 7.84. The van der Waals surface area contributed by atoms with Gasteiger partial charge in [0.05, 0.1) is 7.11 Å². The molecule has 0 aliphatic carbocycles. The number of carbonyl (C=O) groups is 1. The molecular formula is C13H23NO2. The molecule has 1 atom stereocenters. The standard InChI is InChI=1S/C13H23NO2/c1-16-13(15)12-10-8-6-4-2-3-5-7-9-11-14-12/h11-12H,2-10H2,1H3. The number of carbonyl (C=O) groups excluding carboxylic acids is 1. The average molecular weight is 225 g/mol. The number of rotatable bonds is 1. The summed E-state index contributed by atoms with van der Waals surface area (Å²) < 4.78 is 4.76. The van der Waals surface area contributed by atoms with Crippen molar-refractivity contribution in [1.29, 1.82) is 0 Å². The first-order valence-electron chi connectivity index (χ1n) is 6.44. The van der Waals surface area contributed by atoms with Gasteiger partial charge in [-0.3, -0.25) is 4.99 Å². The molecule has 0 bridgehead atoms. The Balaban J connectivity index is 2.44. The van der Waals surface area contributed by atoms with E-state index in [1.165, 1.54) is 45.6 Å². The number of hydrogen-bond acceptors (Lipinski definition) is 3. The van der Waals surface area contributed by atoms with Gasteiger partial charge in [0.1, 0.15) is 6.04 Å². The van der Waals surface area contributed by atoms with E-state index in [9.17, 15) is 4.79 Å². The molecule has 0 radical (unpaired) electrons. The first-order valence-corrected chi connectivity index (χ1v) is 6.44. The molecule has 1 heterocycles. The van der Waals surface area contributed by atoms with E-state index in [-0.39, 0.29) is 12.0 Å². The van der Waals surface area contributed by atoms with Gasteiger partial charge in [-0.25, -0.2) is 4.79 Å². The van der Waals surface area contributed by atoms with Crippen LogP contribution in [0.15, 0.2) is 4.99 Å². The third-order valence-corrected chi connectivity index (χ3v) is 3.07. The highest BCUT2D eigenvalue weighted by Crippen LogP contribution is 2.13. The van der Waals surface area contributed by atoms with Gasteiger partial charge in [-0.05, 0) is 25.5 Å². The van der Waals surface area contributed by atoms with Crippen molar-refractivity contribution in [3.63, 3.8) is 0 Å². The maximum Gasteiger partial charge on any atom is 0.330 e. The number of methoxy groups -OCH3 is 1. The number of esters is 1. The number of ether oxygens (including phenoxy) is 1. The second-order valence-electron chi connectivity index (χ2n) is 4.42. The normalized spacial score (nSPS) is 24.2. The smallest absolute Gasteiger partial charge is 0.330 e. The van der Waals surface area contributed by atoms with Gasteiger partial charge in [-0.1, -0.05) is 38.5 Å². The molecule has 0 N–H and O–H groups in total. The van der Waals surface area contributed by atoms with E-state index >= 15 is 0 Å². The Kier molecular flexibility index (Phi) is 6.86. The van der Waals surface area contributed by atoms with Crippen molar-refractivity contribution >= 4 is 12.2 Å². The second kappa shape index (κ2) is 8.31. The van der Waals surface area contributed by atoms with Crippen LogP contribution >= 0.6 is 0 Å². The minimum absolute atomic E-state index is 0.187. The Bertz CT molecular complexity index is 226. The van der Waals surface area contributed by atoms with Gasteiger partial charge in [0.25, 0.3) is 0 Å². The Morgan fingerprint density at radius 1 is 1.12 bits per heavy atom. The summed E-state index contributed by atoms with van der Waals surface area (Å²) in [6.45, 7) is 0. The molecule has 3 heteroatoms. The molecule has 1 aliphatic rings. The molecular weight excluding hydrogens is 202 g/mol. The van der Waals surface area contributed by atoms with Crippen LogP contribution in [-0.4, -0.2) is 25.3 Å². The maximum atomic E-state index is 11.4. The topological polar surface area (TPSA) is 38.7 Å². The fourth-order valence-corrected chi connectivity index (χ4v) is 2.05. The van der Waals surface area contributed by atoms with Crippen molar-refractivity contribution in [2.24, 2.45) is 4.99 Å². The van der Waals surface area contributed by atoms with E-state index in [1.54, 1.807) is 0 Å². The van der Waals surface area contributed by atoms with Crippen LogP contribution in [0.2, 0.25) is 0 Å². The second-order valence-corrected chi connectivity index (χ2v) is 4.42. The molecule has 1 rings (SSSR count). The van der Waals surface area contributed by atoms with Crippen molar-refractivity contribution < 1.29 is 9.53 Å². The van der Waals surface area contributed by atoms with Crippen LogP contribution in [0.5, 0.6) is 0 Å². The van der Waals surface area contributed by atoms with Gasteiger partial charge in [-0.15, -0.1) is 0 Å². The summed E-state index contributed by atoms with van der Waals surface area (Å²) in [4.78, 5) is 15.8. The average Bonchev–Trinajstić information content (AvgIpc) is 2.29. The van der Waals surface area contributed by atoms with Gasteiger partial charge in [-0.2, -0.15) is 0 Å². The Labute approximate surface area is 98.3 Å². The molecule has 0 saturated heterocycles. The van der Waals surface area contributed by atoms with Crippen LogP contribution < -0.4 is 0 Å². The highest BCUT2D eigenvalue weighted by Gasteiger charge is 2.16. The summed E-state index contributed by atoms with van der Waals surface area (Å²) in [5, 5.41) is 0. The van der Waals surface area contributed by atoms with Crippen LogP contribution in [0.3, 0.4) is 0 Å². The molecule has 92 valence electrons. The molecule has 1 unspecified atom stereocenters. The van der Waals surface area contributed by atoms with Gasteiger partial charge >= 0.3 is 5.97 Å². The molecule has 0 aromatic carbocycles. The minimum atomic E-state index is -0.260. The van der Waals surface area contributed by atoms with Crippen molar-refractivity contribution in [3.05, 3.63) is 0 Å². The lowest BCUT2D eigenvalue weighted by Gasteiger charge is -2.10. The van der Waals surface area contributed by atoms with Crippen molar-refractivity contribution in [2.75, 3.05) is 7.11 Å². The quantitative estimate of drug-likeness (QED) is 0.643. The van der Waals surface area contributed by atoms with Crippen LogP contribution in [0.4, 0.5) is 0 Å². The van der Waals surface area contributed by atoms with Gasteiger partial charge in [0, 0.05) is 0 Å². The van der Waals surface area contributed by atoms with Crippen molar-refractivity contribution in [2.45, 2.75) is 63.8 Å². The molecule has 0 aromatic rings. The van der Waals surface area contributed by atoms with Crippen LogP contribution in [-0.2, 0) is 9.53 Å². The van der Waals surface area contributed by atoms with E-state index in [0.29, 0.717) is 0 Å². The van der Waals surface area contributed by atoms with E-state index in [2.05, 4.69) is 4.99 Å². The zero-order valence-corrected chi connectivity index (χ0v) is 10.3. The van der Waals surface area contributed by atoms with Gasteiger partial charge in [0.15, 0.2) is 0 Å². The van der Waals surface area contributed by atoms with Gasteiger partial charge in [0.2, 0.25) is 0 Å². The fourth-order valence-electron chi connectivity index (χ4n) is 2.05. The SMILES string of the molecule is COC(=O)C1CCCCCCCCCC=N1. The Morgan fingerprint density at radius 2 is 1.75 bits per heavy atom. The Hall–Kier alpha value is -0.860. The molecule has 0 amide bonds. The minimum Gasteiger partial charge on any atom is -0.467 e. The lowest BCUT2D eigenvalue weighted by atomic mass is 10.0. The summed E-state index contributed by atoms with van der Waals surface area (Å²) in [5.74, 6) is -0.187. The molecule has 16 heavy (non-hydrogen) atoms. The van der Waals surface area contributed by atoms with Crippen LogP contribution in [0.1, 0.15) is 57.8 Å². The molecule has 0 fully saturated rings. The molecule has 0 spiro atoms. The maximum absolute atomic E-state index is 11.4. The highest BCUT2D eigenvalue weighted by atomic mass is 16.5. The molecule has 0 saturated carbocycles. The summed E-state index contributed by atoms with van der Waals surface area (Å²) in [5.41, 5.74) is 0. The molecule has 1 aliphatic heterocycles. The first kappa shape index (κ1) is 13.2. The van der Waals surface area contributed by atoms with E-state index in [0.717, 1.165) is 19.3 Å². The van der Waals surface area contributed by atoms with Crippen LogP contribution in [0.25, 0.3) is 0 Å². The predicted molar refractivity (Wildman–Crippen MR) is 65.8 cm³/mol. The summed E-state index contributed by atoms with van der Waals surface area (Å²) in [7, 11) is 1.44. The monoisotopic (exact) mass is 225 g/mol. The summed E-state index contributed by atoms with van der Waals surface area (Å²) in [6.07, 6.45) is 12.5. The number of aliphatic imine (C=N–C) groups is 1. The Morgan fingerprint density at radius 3 is 2.44 bits per heavy atom. The van der Waals surface area contributed by atoms with Crippen LogP contribution in [0, 0.1) is 0 Å². The number of nitrogens with zero attached hydrogens (tertiary/aromatic N) is 1. The zero-order valence-electron chi connectivity index (χ0n) is 10.3. The molecule has 0 aromatic heterocycles. The summed E-state index contributed by atoms with van der Waals surface area (Å²) in [6, 6.07) is -0.260. The van der Waals surface area contributed by atoms with E-state index in [4.69, 9.17) is 4.74 Å². The lowest BCUT2D eigenvalue weighted by Crippen LogP contribution is -2.20. The predicted octanol–water partition coefficient (Wildman–Crippen LogP) is 3.12. The van der Waals surface area contributed by atoms with Crippen molar-refractivity contribution in [3.8, 4) is 0 Å². The third-order valence-electron chi connectivity index (χ3n) is 3.07. The summed E-state index contributed by atoms with van der Waals surface area (Å²) >= 11 is 0. The lowest BCUT2D eigenvalue weighted by molar-refractivity contribution is -0.142. The zero-order chi connectivity index (χ0) is 11.6. The third kappa shape index (κ3) is 5.29. The molecule has 3 nitrogen and oxygen atoms in total. The van der Waals surface area contributed by atoms with E-state index in [1.807, 2.05) is 6.21 Å². The van der Waals surface area contributed by atoms with Crippen molar-refractivity contribution in [1.82, 2.24) is 0 Å². The largest absolute Gasteiger partial charge is 0.467 e. The number of hydrogen-bond donors (Lipinski definition) is 0. The fraction of sp³-hybridized carbons (Fsp3) is 0.846. The highest BCUT2D eigenvalue weighted by molar-refractivity contribution is 5.77. The van der Waals surface area contributed by atoms with Gasteiger partial charge < -0.3 is 4.74 Å².